The Bertz CT molecular complexity index is 1300. The van der Waals surface area contributed by atoms with Crippen LogP contribution in [-0.2, 0) is 13.0 Å². The molecule has 0 radical (unpaired) electrons. The van der Waals surface area contributed by atoms with E-state index in [1.165, 1.54) is 18.2 Å². The van der Waals surface area contributed by atoms with Crippen molar-refractivity contribution in [2.24, 2.45) is 5.73 Å². The highest BCUT2D eigenvalue weighted by molar-refractivity contribution is 6.06. The molecule has 0 unspecified atom stereocenters. The molecule has 0 aliphatic heterocycles. The molecule has 158 valence electrons. The Morgan fingerprint density at radius 1 is 1.10 bits per heavy atom. The lowest BCUT2D eigenvalue weighted by molar-refractivity contribution is 0.100. The zero-order valence-corrected chi connectivity index (χ0v) is 17.0. The molecule has 3 N–H and O–H groups in total. The maximum atomic E-state index is 14.2. The number of amides is 1. The molecule has 4 rings (SSSR count). The van der Waals surface area contributed by atoms with Crippen LogP contribution in [-0.4, -0.2) is 25.4 Å². The normalized spacial score (nSPS) is 11.1. The van der Waals surface area contributed by atoms with Crippen molar-refractivity contribution >= 4 is 22.8 Å². The van der Waals surface area contributed by atoms with Gasteiger partial charge in [-0.15, -0.1) is 0 Å². The number of rotatable bonds is 6. The summed E-state index contributed by atoms with van der Waals surface area (Å²) in [5.41, 5.74) is 7.38. The molecule has 31 heavy (non-hydrogen) atoms. The smallest absolute Gasteiger partial charge is 0.249 e. The molecule has 0 aliphatic rings. The number of hydrogen-bond donors (Lipinski definition) is 2. The summed E-state index contributed by atoms with van der Waals surface area (Å²) in [6, 6.07) is 10.4. The number of anilines is 1. The van der Waals surface area contributed by atoms with Gasteiger partial charge < -0.3 is 11.1 Å². The fourth-order valence-electron chi connectivity index (χ4n) is 3.45. The fraction of sp³-hybridized carbons (Fsp3) is 0.182. The lowest BCUT2D eigenvalue weighted by Crippen LogP contribution is -2.13. The van der Waals surface area contributed by atoms with Gasteiger partial charge in [0.1, 0.15) is 17.5 Å². The van der Waals surface area contributed by atoms with Gasteiger partial charge in [0.25, 0.3) is 0 Å². The highest BCUT2D eigenvalue weighted by atomic mass is 19.1. The van der Waals surface area contributed by atoms with E-state index in [0.717, 1.165) is 11.6 Å². The van der Waals surface area contributed by atoms with E-state index in [1.807, 2.05) is 6.92 Å². The van der Waals surface area contributed by atoms with Gasteiger partial charge in [0.15, 0.2) is 0 Å². The van der Waals surface area contributed by atoms with Crippen molar-refractivity contribution in [3.63, 3.8) is 0 Å². The fourth-order valence-corrected chi connectivity index (χ4v) is 3.45. The van der Waals surface area contributed by atoms with E-state index in [1.54, 1.807) is 29.7 Å². The summed E-state index contributed by atoms with van der Waals surface area (Å²) in [4.78, 5) is 25.1. The highest BCUT2D eigenvalue weighted by Gasteiger charge is 2.18. The van der Waals surface area contributed by atoms with E-state index in [0.29, 0.717) is 41.3 Å². The molecular weight excluding hydrogens is 402 g/mol. The number of nitrogens with one attached hydrogen (secondary N) is 1. The Labute approximate surface area is 177 Å². The molecule has 2 heterocycles. The molecule has 2 aromatic heterocycles. The Morgan fingerprint density at radius 3 is 2.61 bits per heavy atom. The average Bonchev–Trinajstić information content (AvgIpc) is 3.06. The van der Waals surface area contributed by atoms with Crippen LogP contribution in [0.4, 0.5) is 14.7 Å². The van der Waals surface area contributed by atoms with Crippen molar-refractivity contribution in [1.29, 1.82) is 0 Å². The summed E-state index contributed by atoms with van der Waals surface area (Å²) >= 11 is 0. The molecule has 0 fully saturated rings. The van der Waals surface area contributed by atoms with Crippen LogP contribution in [0.1, 0.15) is 34.4 Å². The van der Waals surface area contributed by atoms with Crippen LogP contribution in [0.3, 0.4) is 0 Å². The molecule has 0 saturated heterocycles. The summed E-state index contributed by atoms with van der Waals surface area (Å²) in [6.45, 7) is 4.02. The van der Waals surface area contributed by atoms with E-state index in [4.69, 9.17) is 5.73 Å². The van der Waals surface area contributed by atoms with E-state index in [9.17, 15) is 13.6 Å². The number of nitrogens with two attached hydrogens (primary N) is 1. The molecule has 0 atom stereocenters. The Kier molecular flexibility index (Phi) is 5.33. The van der Waals surface area contributed by atoms with E-state index < -0.39 is 11.7 Å². The maximum absolute atomic E-state index is 14.2. The summed E-state index contributed by atoms with van der Waals surface area (Å²) < 4.78 is 29.3. The molecule has 0 bridgehead atoms. The standard InChI is InChI=1S/C22H20F2N6O/c1-3-19-27-21(26-11-13-5-4-6-14(23)8-13)29-22(28-19)30-12(2)7-16-17(20(25)31)9-15(24)10-18(16)30/h4-10H,3,11H2,1-2H3,(H2,25,31)(H,26,27,28,29). The van der Waals surface area contributed by atoms with Crippen LogP contribution >= 0.6 is 0 Å². The number of nitrogens with zero attached hydrogens (tertiary/aromatic N) is 4. The van der Waals surface area contributed by atoms with Crippen molar-refractivity contribution in [3.8, 4) is 5.95 Å². The van der Waals surface area contributed by atoms with Crippen molar-refractivity contribution in [2.75, 3.05) is 5.32 Å². The number of carbonyl (C=O) groups is 1. The van der Waals surface area contributed by atoms with Crippen molar-refractivity contribution in [3.05, 3.63) is 76.7 Å². The molecule has 9 heteroatoms. The van der Waals surface area contributed by atoms with Gasteiger partial charge in [-0.2, -0.15) is 15.0 Å². The molecule has 0 spiro atoms. The quantitative estimate of drug-likeness (QED) is 0.494. The first-order valence-electron chi connectivity index (χ1n) is 9.70. The number of halogens is 2. The topological polar surface area (TPSA) is 98.7 Å². The minimum Gasteiger partial charge on any atom is -0.366 e. The Balaban J connectivity index is 1.79. The number of hydrogen-bond acceptors (Lipinski definition) is 5. The molecule has 4 aromatic rings. The van der Waals surface area contributed by atoms with E-state index >= 15 is 0 Å². The van der Waals surface area contributed by atoms with Gasteiger partial charge in [0, 0.05) is 24.0 Å². The largest absolute Gasteiger partial charge is 0.366 e. The minimum absolute atomic E-state index is 0.0890. The van der Waals surface area contributed by atoms with Crippen molar-refractivity contribution in [2.45, 2.75) is 26.8 Å². The number of aryl methyl sites for hydroxylation is 2. The second kappa shape index (κ2) is 8.10. The maximum Gasteiger partial charge on any atom is 0.249 e. The van der Waals surface area contributed by atoms with Crippen LogP contribution in [0.2, 0.25) is 0 Å². The molecule has 1 amide bonds. The number of benzene rings is 2. The minimum atomic E-state index is -0.719. The Morgan fingerprint density at radius 2 is 1.90 bits per heavy atom. The summed E-state index contributed by atoms with van der Waals surface area (Å²) in [5.74, 6) is -0.522. The lowest BCUT2D eigenvalue weighted by atomic mass is 10.1. The first-order valence-corrected chi connectivity index (χ1v) is 9.70. The predicted octanol–water partition coefficient (Wildman–Crippen LogP) is 3.68. The average molecular weight is 422 g/mol. The van der Waals surface area contributed by atoms with E-state index in [2.05, 4.69) is 20.3 Å². The van der Waals surface area contributed by atoms with Crippen molar-refractivity contribution in [1.82, 2.24) is 19.5 Å². The predicted molar refractivity (Wildman–Crippen MR) is 113 cm³/mol. The van der Waals surface area contributed by atoms with Crippen molar-refractivity contribution < 1.29 is 13.6 Å². The molecule has 7 nitrogen and oxygen atoms in total. The van der Waals surface area contributed by atoms with Gasteiger partial charge in [0.05, 0.1) is 11.1 Å². The van der Waals surface area contributed by atoms with Gasteiger partial charge in [-0.05, 0) is 42.8 Å². The van der Waals surface area contributed by atoms with Crippen LogP contribution in [0, 0.1) is 18.6 Å². The molecular formula is C22H20F2N6O. The third kappa shape index (κ3) is 4.07. The van der Waals surface area contributed by atoms with Gasteiger partial charge >= 0.3 is 0 Å². The SMILES string of the molecule is CCc1nc(NCc2cccc(F)c2)nc(-n2c(C)cc3c(C(N)=O)cc(F)cc32)n1. The van der Waals surface area contributed by atoms with Gasteiger partial charge in [-0.1, -0.05) is 19.1 Å². The van der Waals surface area contributed by atoms with Crippen LogP contribution in [0.5, 0.6) is 0 Å². The monoisotopic (exact) mass is 422 g/mol. The second-order valence-electron chi connectivity index (χ2n) is 7.08. The summed E-state index contributed by atoms with van der Waals surface area (Å²) in [5, 5.41) is 3.60. The first-order chi connectivity index (χ1) is 14.9. The van der Waals surface area contributed by atoms with Gasteiger partial charge in [0.2, 0.25) is 17.8 Å². The molecule has 0 aliphatic carbocycles. The number of primary amides is 1. The first kappa shape index (κ1) is 20.4. The third-order valence-corrected chi connectivity index (χ3v) is 4.86. The van der Waals surface area contributed by atoms with Crippen LogP contribution in [0.25, 0.3) is 16.9 Å². The van der Waals surface area contributed by atoms with Gasteiger partial charge in [-0.3, -0.25) is 9.36 Å². The molecule has 0 saturated carbocycles. The zero-order valence-electron chi connectivity index (χ0n) is 17.0. The third-order valence-electron chi connectivity index (χ3n) is 4.86. The summed E-state index contributed by atoms with van der Waals surface area (Å²) in [7, 11) is 0. The molecule has 2 aromatic carbocycles. The Hall–Kier alpha value is -3.88. The zero-order chi connectivity index (χ0) is 22.1. The van der Waals surface area contributed by atoms with Crippen LogP contribution < -0.4 is 11.1 Å². The number of fused-ring (bicyclic) bond motifs is 1. The number of carbonyl (C=O) groups excluding carboxylic acids is 1. The highest BCUT2D eigenvalue weighted by Crippen LogP contribution is 2.27. The van der Waals surface area contributed by atoms with Gasteiger partial charge in [-0.25, -0.2) is 8.78 Å². The van der Waals surface area contributed by atoms with Crippen LogP contribution in [0.15, 0.2) is 42.5 Å². The second-order valence-corrected chi connectivity index (χ2v) is 7.08. The van der Waals surface area contributed by atoms with E-state index in [-0.39, 0.29) is 17.3 Å². The lowest BCUT2D eigenvalue weighted by Gasteiger charge is -2.11. The number of aromatic nitrogens is 4. The summed E-state index contributed by atoms with van der Waals surface area (Å²) in [6.07, 6.45) is 0.545.